The van der Waals surface area contributed by atoms with E-state index in [9.17, 15) is 0 Å². The normalized spacial score (nSPS) is 14.5. The van der Waals surface area contributed by atoms with Crippen LogP contribution >= 0.6 is 0 Å². The Hall–Kier alpha value is -6.13. The highest BCUT2D eigenvalue weighted by Crippen LogP contribution is 2.54. The summed E-state index contributed by atoms with van der Waals surface area (Å²) >= 11 is 0. The van der Waals surface area contributed by atoms with Crippen LogP contribution in [0.3, 0.4) is 0 Å². The van der Waals surface area contributed by atoms with Gasteiger partial charge < -0.3 is 18.9 Å². The lowest BCUT2D eigenvalue weighted by Gasteiger charge is -2.41. The highest BCUT2D eigenvalue weighted by Gasteiger charge is 2.47. The van der Waals surface area contributed by atoms with Gasteiger partial charge in [-0.3, -0.25) is 0 Å². The minimum Gasteiger partial charge on any atom is -0.458 e. The lowest BCUT2D eigenvalue weighted by Crippen LogP contribution is -2.58. The van der Waals surface area contributed by atoms with Crippen molar-refractivity contribution in [3.8, 4) is 39.8 Å². The highest BCUT2D eigenvalue weighted by atomic mass is 16.5. The van der Waals surface area contributed by atoms with Crippen molar-refractivity contribution in [3.63, 3.8) is 0 Å². The summed E-state index contributed by atoms with van der Waals surface area (Å²) in [6.07, 6.45) is 0. The van der Waals surface area contributed by atoms with Crippen molar-refractivity contribution in [2.45, 2.75) is 0 Å². The van der Waals surface area contributed by atoms with E-state index in [1.807, 2.05) is 0 Å². The number of hydrogen-bond donors (Lipinski definition) is 0. The molecule has 0 amide bonds. The largest absolute Gasteiger partial charge is 0.458 e. The predicted molar refractivity (Wildman–Crippen MR) is 197 cm³/mol. The van der Waals surface area contributed by atoms with Crippen LogP contribution in [-0.2, 0) is 0 Å². The van der Waals surface area contributed by atoms with Gasteiger partial charge in [-0.05, 0) is 80.9 Å². The Bertz CT molecular complexity index is 2840. The number of rotatable bonds is 0. The molecule has 5 aliphatic heterocycles. The van der Waals surface area contributed by atoms with Crippen LogP contribution in [0.2, 0.25) is 0 Å². The van der Waals surface area contributed by atoms with Crippen LogP contribution < -0.4 is 47.2 Å². The molecule has 4 nitrogen and oxygen atoms in total. The number of para-hydroxylation sites is 3. The van der Waals surface area contributed by atoms with E-state index in [4.69, 9.17) is 9.47 Å². The molecular weight excluding hydrogens is 586 g/mol. The summed E-state index contributed by atoms with van der Waals surface area (Å²) in [5.41, 5.74) is 17.5. The molecule has 0 aliphatic carbocycles. The summed E-state index contributed by atoms with van der Waals surface area (Å²) in [6.45, 7) is 0.197. The van der Waals surface area contributed by atoms with Crippen molar-refractivity contribution in [1.29, 1.82) is 0 Å². The molecule has 5 aliphatic rings. The van der Waals surface area contributed by atoms with Gasteiger partial charge in [-0.15, -0.1) is 0 Å². The van der Waals surface area contributed by atoms with Crippen LogP contribution in [0.5, 0.6) is 23.0 Å². The number of fused-ring (bicyclic) bond motifs is 16. The van der Waals surface area contributed by atoms with Crippen LogP contribution in [0, 0.1) is 0 Å². The van der Waals surface area contributed by atoms with E-state index in [2.05, 4.69) is 143 Å². The molecular formula is C42H22B2N2O2. The maximum absolute atomic E-state index is 6.86. The molecule has 7 aromatic carbocycles. The van der Waals surface area contributed by atoms with Crippen molar-refractivity contribution in [3.05, 3.63) is 133 Å². The third kappa shape index (κ3) is 2.61. The smallest absolute Gasteiger partial charge is 0.256 e. The van der Waals surface area contributed by atoms with Gasteiger partial charge in [0.2, 0.25) is 6.71 Å². The molecule has 218 valence electrons. The van der Waals surface area contributed by atoms with E-state index >= 15 is 0 Å². The summed E-state index contributed by atoms with van der Waals surface area (Å²) in [4.78, 5) is 2.47. The maximum Gasteiger partial charge on any atom is 0.256 e. The quantitative estimate of drug-likeness (QED) is 0.195. The molecule has 6 heteroatoms. The predicted octanol–water partition coefficient (Wildman–Crippen LogP) is 6.10. The zero-order chi connectivity index (χ0) is 30.8. The number of anilines is 3. The number of aromatic nitrogens is 1. The second-order valence-electron chi connectivity index (χ2n) is 13.6. The Morgan fingerprint density at radius 2 is 1.15 bits per heavy atom. The van der Waals surface area contributed by atoms with Crippen molar-refractivity contribution < 1.29 is 9.47 Å². The van der Waals surface area contributed by atoms with Crippen molar-refractivity contribution in [2.24, 2.45) is 0 Å². The standard InChI is InChI=1S/C42H22B2N2O2/c1-3-11-27-23(9-1)25-17-20-36-42-39(25)43(27)28-12-4-8-16-33(28)46(42)34-21-30-37(22-38(34)48-36)47-35-19-18-26-24-10-2-6-14-31(24)45-32-15-7-5-13-29(32)44(30)40(35)41(26)45/h1-22H. The van der Waals surface area contributed by atoms with Crippen LogP contribution in [0.15, 0.2) is 133 Å². The minimum absolute atomic E-state index is 0.0192. The van der Waals surface area contributed by atoms with E-state index in [1.165, 1.54) is 77.1 Å². The fourth-order valence-electron chi connectivity index (χ4n) is 9.68. The van der Waals surface area contributed by atoms with Gasteiger partial charge in [-0.25, -0.2) is 0 Å². The van der Waals surface area contributed by atoms with Gasteiger partial charge in [0, 0.05) is 28.2 Å². The summed E-state index contributed by atoms with van der Waals surface area (Å²) in [6, 6.07) is 48.7. The third-order valence-electron chi connectivity index (χ3n) is 11.4. The number of benzene rings is 7. The van der Waals surface area contributed by atoms with Crippen LogP contribution in [-0.4, -0.2) is 18.0 Å². The fourth-order valence-corrected chi connectivity index (χ4v) is 9.68. The second-order valence-corrected chi connectivity index (χ2v) is 13.6. The van der Waals surface area contributed by atoms with Gasteiger partial charge in [0.05, 0.1) is 22.4 Å². The average molecular weight is 608 g/mol. The van der Waals surface area contributed by atoms with E-state index in [0.29, 0.717) is 0 Å². The number of nitrogens with zero attached hydrogens (tertiary/aromatic N) is 2. The summed E-state index contributed by atoms with van der Waals surface area (Å²) in [5.74, 6) is 3.47. The zero-order valence-corrected chi connectivity index (χ0v) is 25.6. The molecule has 0 bridgehead atoms. The van der Waals surface area contributed by atoms with Gasteiger partial charge in [-0.1, -0.05) is 90.4 Å². The monoisotopic (exact) mass is 608 g/mol. The molecule has 0 saturated heterocycles. The minimum atomic E-state index is 0.0192. The molecule has 0 N–H and O–H groups in total. The molecule has 8 aromatic rings. The first-order chi connectivity index (χ1) is 23.8. The third-order valence-corrected chi connectivity index (χ3v) is 11.4. The highest BCUT2D eigenvalue weighted by molar-refractivity contribution is 7.01. The fraction of sp³-hybridized carbons (Fsp3) is 0. The Labute approximate surface area is 276 Å². The molecule has 48 heavy (non-hydrogen) atoms. The molecule has 0 radical (unpaired) electrons. The average Bonchev–Trinajstić information content (AvgIpc) is 3.66. The molecule has 0 fully saturated rings. The van der Waals surface area contributed by atoms with E-state index in [1.54, 1.807) is 0 Å². The van der Waals surface area contributed by atoms with Gasteiger partial charge in [0.15, 0.2) is 11.5 Å². The van der Waals surface area contributed by atoms with Gasteiger partial charge in [-0.2, -0.15) is 0 Å². The van der Waals surface area contributed by atoms with Crippen molar-refractivity contribution in [2.75, 3.05) is 4.90 Å². The van der Waals surface area contributed by atoms with Crippen LogP contribution in [0.4, 0.5) is 17.1 Å². The van der Waals surface area contributed by atoms with E-state index in [-0.39, 0.29) is 13.4 Å². The summed E-state index contributed by atoms with van der Waals surface area (Å²) in [5, 5.41) is 2.53. The van der Waals surface area contributed by atoms with Gasteiger partial charge >= 0.3 is 0 Å². The lowest BCUT2D eigenvalue weighted by molar-refractivity contribution is 0.460. The molecule has 0 spiro atoms. The van der Waals surface area contributed by atoms with Gasteiger partial charge in [0.1, 0.15) is 11.5 Å². The van der Waals surface area contributed by atoms with E-state index in [0.717, 1.165) is 34.4 Å². The van der Waals surface area contributed by atoms with Crippen LogP contribution in [0.25, 0.3) is 38.6 Å². The maximum atomic E-state index is 6.86. The Morgan fingerprint density at radius 1 is 0.438 bits per heavy atom. The Balaban J connectivity index is 1.11. The zero-order valence-electron chi connectivity index (χ0n) is 25.6. The number of ether oxygens (including phenoxy) is 2. The summed E-state index contributed by atoms with van der Waals surface area (Å²) in [7, 11) is 0. The van der Waals surface area contributed by atoms with Crippen molar-refractivity contribution >= 4 is 85.1 Å². The molecule has 13 rings (SSSR count). The SMILES string of the molecule is c1ccc2c(c1)B1c3ccccc3N3c4cc5c(cc4Oc4ccc-2c1c43)Oc1ccc2c3ccccc3n3c2c1B5c1ccccc1-3. The Kier molecular flexibility index (Phi) is 4.04. The lowest BCUT2D eigenvalue weighted by atomic mass is 9.34. The molecule has 1 aromatic heterocycles. The first-order valence-electron chi connectivity index (χ1n) is 16.7. The van der Waals surface area contributed by atoms with Crippen molar-refractivity contribution in [1.82, 2.24) is 4.57 Å². The topological polar surface area (TPSA) is 26.6 Å². The molecule has 0 saturated carbocycles. The molecule has 0 atom stereocenters. The van der Waals surface area contributed by atoms with Gasteiger partial charge in [0.25, 0.3) is 6.71 Å². The molecule has 0 unspecified atom stereocenters. The van der Waals surface area contributed by atoms with E-state index < -0.39 is 0 Å². The Morgan fingerprint density at radius 3 is 2.06 bits per heavy atom. The summed E-state index contributed by atoms with van der Waals surface area (Å²) < 4.78 is 16.2. The number of hydrogen-bond acceptors (Lipinski definition) is 3. The first-order valence-corrected chi connectivity index (χ1v) is 16.7. The second kappa shape index (κ2) is 8.04. The van der Waals surface area contributed by atoms with Crippen LogP contribution in [0.1, 0.15) is 0 Å². The first kappa shape index (κ1) is 24.1. The molecule has 6 heterocycles.